The van der Waals surface area contributed by atoms with Crippen molar-refractivity contribution in [1.82, 2.24) is 19.9 Å². The number of benzene rings is 1. The van der Waals surface area contributed by atoms with E-state index in [4.69, 9.17) is 5.73 Å². The number of rotatable bonds is 1. The summed E-state index contributed by atoms with van der Waals surface area (Å²) in [6, 6.07) is 9.94. The molecule has 3 aromatic heterocycles. The van der Waals surface area contributed by atoms with E-state index in [1.165, 1.54) is 0 Å². The number of nitrogens with zero attached hydrogens (tertiary/aromatic N) is 2. The maximum Gasteiger partial charge on any atom is 0.240 e. The largest absolute Gasteiger partial charge is 0.492 e. The van der Waals surface area contributed by atoms with Gasteiger partial charge in [0.25, 0.3) is 0 Å². The number of para-hydroxylation sites is 1. The molecule has 4 rings (SSSR count). The first kappa shape index (κ1) is 10.9. The van der Waals surface area contributed by atoms with Crippen LogP contribution in [0.25, 0.3) is 33.2 Å². The minimum atomic E-state index is -0.152. The van der Waals surface area contributed by atoms with E-state index in [2.05, 4.69) is 19.9 Å². The van der Waals surface area contributed by atoms with E-state index in [0.29, 0.717) is 11.4 Å². The zero-order valence-corrected chi connectivity index (χ0v) is 10.4. The summed E-state index contributed by atoms with van der Waals surface area (Å²) in [5, 5.41) is 12.0. The van der Waals surface area contributed by atoms with E-state index in [1.54, 1.807) is 6.20 Å². The monoisotopic (exact) mass is 265 g/mol. The SMILES string of the molecule is Nc1nc(O)c(-c2nccc3c2[nH]c2ccccc23)[nH]1. The summed E-state index contributed by atoms with van der Waals surface area (Å²) >= 11 is 0. The molecular weight excluding hydrogens is 254 g/mol. The number of imidazole rings is 1. The molecule has 5 N–H and O–H groups in total. The number of aromatic hydroxyl groups is 1. The van der Waals surface area contributed by atoms with Crippen molar-refractivity contribution < 1.29 is 5.11 Å². The topological polar surface area (TPSA) is 104 Å². The zero-order valence-electron chi connectivity index (χ0n) is 10.4. The van der Waals surface area contributed by atoms with Crippen LogP contribution in [0.2, 0.25) is 0 Å². The van der Waals surface area contributed by atoms with Gasteiger partial charge in [-0.15, -0.1) is 0 Å². The minimum Gasteiger partial charge on any atom is -0.492 e. The van der Waals surface area contributed by atoms with Gasteiger partial charge in [0.2, 0.25) is 11.8 Å². The summed E-state index contributed by atoms with van der Waals surface area (Å²) in [6.45, 7) is 0. The number of fused-ring (bicyclic) bond motifs is 3. The van der Waals surface area contributed by atoms with Gasteiger partial charge in [-0.25, -0.2) is 0 Å². The van der Waals surface area contributed by atoms with Gasteiger partial charge in [0.05, 0.1) is 5.52 Å². The van der Waals surface area contributed by atoms with Crippen LogP contribution in [0.5, 0.6) is 5.88 Å². The highest BCUT2D eigenvalue weighted by Gasteiger charge is 2.16. The van der Waals surface area contributed by atoms with Gasteiger partial charge in [0.15, 0.2) is 0 Å². The number of hydrogen-bond donors (Lipinski definition) is 4. The summed E-state index contributed by atoms with van der Waals surface area (Å²) < 4.78 is 0. The lowest BCUT2D eigenvalue weighted by molar-refractivity contribution is 0.459. The van der Waals surface area contributed by atoms with Gasteiger partial charge < -0.3 is 20.8 Å². The van der Waals surface area contributed by atoms with Gasteiger partial charge in [0, 0.05) is 22.5 Å². The van der Waals surface area contributed by atoms with Gasteiger partial charge >= 0.3 is 0 Å². The fraction of sp³-hybridized carbons (Fsp3) is 0. The first-order valence-corrected chi connectivity index (χ1v) is 6.14. The van der Waals surface area contributed by atoms with Gasteiger partial charge in [-0.2, -0.15) is 4.98 Å². The van der Waals surface area contributed by atoms with Crippen LogP contribution in [0, 0.1) is 0 Å². The van der Waals surface area contributed by atoms with Gasteiger partial charge in [0.1, 0.15) is 11.4 Å². The summed E-state index contributed by atoms with van der Waals surface area (Å²) in [7, 11) is 0. The van der Waals surface area contributed by atoms with E-state index in [9.17, 15) is 5.11 Å². The Balaban J connectivity index is 2.12. The molecule has 6 heteroatoms. The van der Waals surface area contributed by atoms with Crippen LogP contribution in [-0.2, 0) is 0 Å². The first-order valence-electron chi connectivity index (χ1n) is 6.14. The number of aromatic amines is 2. The molecule has 20 heavy (non-hydrogen) atoms. The Morgan fingerprint density at radius 2 is 1.90 bits per heavy atom. The van der Waals surface area contributed by atoms with Crippen LogP contribution in [0.15, 0.2) is 36.5 Å². The average molecular weight is 265 g/mol. The summed E-state index contributed by atoms with van der Waals surface area (Å²) in [6.07, 6.45) is 1.70. The summed E-state index contributed by atoms with van der Waals surface area (Å²) in [4.78, 5) is 14.3. The highest BCUT2D eigenvalue weighted by Crippen LogP contribution is 2.34. The molecule has 0 amide bonds. The molecule has 3 heterocycles. The van der Waals surface area contributed by atoms with E-state index < -0.39 is 0 Å². The predicted molar refractivity (Wildman–Crippen MR) is 77.3 cm³/mol. The Morgan fingerprint density at radius 1 is 1.05 bits per heavy atom. The second-order valence-corrected chi connectivity index (χ2v) is 4.57. The van der Waals surface area contributed by atoms with Gasteiger partial charge in [-0.05, 0) is 12.1 Å². The molecule has 0 aliphatic rings. The third-order valence-corrected chi connectivity index (χ3v) is 3.37. The number of aromatic nitrogens is 4. The summed E-state index contributed by atoms with van der Waals surface area (Å²) in [5.74, 6) is 0.00794. The first-order chi connectivity index (χ1) is 9.74. The predicted octanol–water partition coefficient (Wildman–Crippen LogP) is 2.39. The Morgan fingerprint density at radius 3 is 2.70 bits per heavy atom. The van der Waals surface area contributed by atoms with E-state index in [1.807, 2.05) is 30.3 Å². The van der Waals surface area contributed by atoms with Crippen LogP contribution in [0.1, 0.15) is 0 Å². The Labute approximate surface area is 113 Å². The minimum absolute atomic E-state index is 0.152. The Bertz CT molecular complexity index is 937. The number of hydrogen-bond acceptors (Lipinski definition) is 4. The molecule has 0 bridgehead atoms. The van der Waals surface area contributed by atoms with Crippen LogP contribution < -0.4 is 5.73 Å². The lowest BCUT2D eigenvalue weighted by Gasteiger charge is -1.99. The van der Waals surface area contributed by atoms with Crippen molar-refractivity contribution >= 4 is 27.8 Å². The Hall–Kier alpha value is -3.02. The fourth-order valence-corrected chi connectivity index (χ4v) is 2.51. The average Bonchev–Trinajstić information content (AvgIpc) is 2.98. The highest BCUT2D eigenvalue weighted by molar-refractivity contribution is 6.10. The molecule has 0 aliphatic carbocycles. The number of anilines is 1. The van der Waals surface area contributed by atoms with Crippen LogP contribution in [-0.4, -0.2) is 25.0 Å². The van der Waals surface area contributed by atoms with Gasteiger partial charge in [-0.1, -0.05) is 18.2 Å². The molecular formula is C14H11N5O. The molecule has 0 saturated heterocycles. The molecule has 6 nitrogen and oxygen atoms in total. The second-order valence-electron chi connectivity index (χ2n) is 4.57. The molecule has 0 unspecified atom stereocenters. The quantitative estimate of drug-likeness (QED) is 0.424. The van der Waals surface area contributed by atoms with Crippen molar-refractivity contribution in [2.45, 2.75) is 0 Å². The third kappa shape index (κ3) is 1.38. The van der Waals surface area contributed by atoms with Crippen molar-refractivity contribution in [3.05, 3.63) is 36.5 Å². The molecule has 0 aliphatic heterocycles. The van der Waals surface area contributed by atoms with Crippen LogP contribution in [0.4, 0.5) is 5.95 Å². The zero-order chi connectivity index (χ0) is 13.7. The lowest BCUT2D eigenvalue weighted by atomic mass is 10.1. The van der Waals surface area contributed by atoms with Crippen molar-refractivity contribution in [3.8, 4) is 17.3 Å². The standard InChI is InChI=1S/C14H11N5O/c15-14-18-12(13(20)19-14)11-10-8(5-6-16-11)7-3-1-2-4-9(7)17-10/h1-6,17,20H,(H3,15,18,19). The van der Waals surface area contributed by atoms with Crippen molar-refractivity contribution in [2.24, 2.45) is 0 Å². The maximum atomic E-state index is 9.84. The molecule has 0 fully saturated rings. The van der Waals surface area contributed by atoms with Crippen molar-refractivity contribution in [2.75, 3.05) is 5.73 Å². The smallest absolute Gasteiger partial charge is 0.240 e. The maximum absolute atomic E-state index is 9.84. The van der Waals surface area contributed by atoms with Gasteiger partial charge in [-0.3, -0.25) is 4.98 Å². The number of nitrogens with two attached hydrogens (primary N) is 1. The number of nitrogens with one attached hydrogen (secondary N) is 2. The number of H-pyrrole nitrogens is 2. The fourth-order valence-electron chi connectivity index (χ4n) is 2.51. The number of nitrogen functional groups attached to an aromatic ring is 1. The molecule has 4 aromatic rings. The molecule has 0 radical (unpaired) electrons. The van der Waals surface area contributed by atoms with Crippen molar-refractivity contribution in [3.63, 3.8) is 0 Å². The van der Waals surface area contributed by atoms with Crippen LogP contribution in [0.3, 0.4) is 0 Å². The lowest BCUT2D eigenvalue weighted by Crippen LogP contribution is -1.88. The molecule has 1 aromatic carbocycles. The Kier molecular flexibility index (Phi) is 2.03. The van der Waals surface area contributed by atoms with E-state index in [0.717, 1.165) is 21.8 Å². The molecule has 0 spiro atoms. The number of pyridine rings is 1. The molecule has 0 atom stereocenters. The molecule has 98 valence electrons. The van der Waals surface area contributed by atoms with E-state index >= 15 is 0 Å². The van der Waals surface area contributed by atoms with E-state index in [-0.39, 0.29) is 11.8 Å². The third-order valence-electron chi connectivity index (χ3n) is 3.37. The normalized spacial score (nSPS) is 11.4. The van der Waals surface area contributed by atoms with Crippen LogP contribution >= 0.6 is 0 Å². The van der Waals surface area contributed by atoms with Crippen molar-refractivity contribution in [1.29, 1.82) is 0 Å². The summed E-state index contributed by atoms with van der Waals surface area (Å²) in [5.41, 5.74) is 8.44. The molecule has 0 saturated carbocycles. The highest BCUT2D eigenvalue weighted by atomic mass is 16.3. The second kappa shape index (κ2) is 3.74.